The van der Waals surface area contributed by atoms with Crippen LogP contribution in [-0.2, 0) is 11.3 Å². The SMILES string of the molecule is O=C(NCc1ccc(Br)s1)C1=Cc2ccccc2OC1. The zero-order valence-electron chi connectivity index (χ0n) is 10.6. The number of rotatable bonds is 3. The first-order valence-corrected chi connectivity index (χ1v) is 7.78. The summed E-state index contributed by atoms with van der Waals surface area (Å²) < 4.78 is 6.64. The van der Waals surface area contributed by atoms with Gasteiger partial charge in [-0.3, -0.25) is 4.79 Å². The molecule has 0 unspecified atom stereocenters. The van der Waals surface area contributed by atoms with Crippen molar-refractivity contribution in [1.29, 1.82) is 0 Å². The second-order valence-electron chi connectivity index (χ2n) is 4.38. The van der Waals surface area contributed by atoms with Gasteiger partial charge in [0.15, 0.2) is 0 Å². The highest BCUT2D eigenvalue weighted by Gasteiger charge is 2.16. The van der Waals surface area contributed by atoms with Gasteiger partial charge in [-0.05, 0) is 40.2 Å². The Morgan fingerprint density at radius 2 is 2.15 bits per heavy atom. The Morgan fingerprint density at radius 3 is 2.95 bits per heavy atom. The monoisotopic (exact) mass is 349 g/mol. The molecule has 5 heteroatoms. The van der Waals surface area contributed by atoms with Crippen LogP contribution in [0.5, 0.6) is 5.75 Å². The Kier molecular flexibility index (Phi) is 3.89. The van der Waals surface area contributed by atoms with Crippen LogP contribution in [0.2, 0.25) is 0 Å². The third-order valence-corrected chi connectivity index (χ3v) is 4.60. The average Bonchev–Trinajstić information content (AvgIpc) is 2.90. The van der Waals surface area contributed by atoms with Gasteiger partial charge in [0.2, 0.25) is 0 Å². The number of carbonyl (C=O) groups excluding carboxylic acids is 1. The summed E-state index contributed by atoms with van der Waals surface area (Å²) in [4.78, 5) is 13.2. The second-order valence-corrected chi connectivity index (χ2v) is 6.93. The number of carbonyl (C=O) groups is 1. The summed E-state index contributed by atoms with van der Waals surface area (Å²) in [5.41, 5.74) is 1.60. The lowest BCUT2D eigenvalue weighted by Gasteiger charge is -2.17. The van der Waals surface area contributed by atoms with Crippen molar-refractivity contribution in [1.82, 2.24) is 5.32 Å². The van der Waals surface area contributed by atoms with E-state index in [0.29, 0.717) is 18.7 Å². The quantitative estimate of drug-likeness (QED) is 0.919. The Labute approximate surface area is 129 Å². The molecular formula is C15H12BrNO2S. The molecule has 20 heavy (non-hydrogen) atoms. The van der Waals surface area contributed by atoms with E-state index in [1.54, 1.807) is 11.3 Å². The van der Waals surface area contributed by atoms with Crippen LogP contribution in [0, 0.1) is 0 Å². The summed E-state index contributed by atoms with van der Waals surface area (Å²) in [6.07, 6.45) is 1.89. The molecule has 0 fully saturated rings. The minimum absolute atomic E-state index is 0.0796. The molecule has 102 valence electrons. The normalized spacial score (nSPS) is 13.2. The van der Waals surface area contributed by atoms with Gasteiger partial charge in [0.05, 0.1) is 15.9 Å². The molecule has 0 bridgehead atoms. The minimum Gasteiger partial charge on any atom is -0.488 e. The first-order valence-electron chi connectivity index (χ1n) is 6.17. The van der Waals surface area contributed by atoms with Crippen LogP contribution in [0.4, 0.5) is 0 Å². The second kappa shape index (κ2) is 5.81. The number of thiophene rings is 1. The van der Waals surface area contributed by atoms with Crippen LogP contribution < -0.4 is 10.1 Å². The van der Waals surface area contributed by atoms with Gasteiger partial charge in [0, 0.05) is 10.4 Å². The molecule has 0 atom stereocenters. The van der Waals surface area contributed by atoms with Gasteiger partial charge in [0.1, 0.15) is 12.4 Å². The molecule has 1 N–H and O–H groups in total. The van der Waals surface area contributed by atoms with E-state index in [1.165, 1.54) is 0 Å². The van der Waals surface area contributed by atoms with Crippen molar-refractivity contribution in [2.45, 2.75) is 6.54 Å². The summed E-state index contributed by atoms with van der Waals surface area (Å²) in [5, 5.41) is 2.92. The summed E-state index contributed by atoms with van der Waals surface area (Å²) >= 11 is 5.02. The third-order valence-electron chi connectivity index (χ3n) is 2.98. The Hall–Kier alpha value is -1.59. The molecule has 3 rings (SSSR count). The summed E-state index contributed by atoms with van der Waals surface area (Å²) in [6.45, 7) is 0.852. The van der Waals surface area contributed by atoms with Gasteiger partial charge in [-0.25, -0.2) is 0 Å². The highest BCUT2D eigenvalue weighted by atomic mass is 79.9. The fraction of sp³-hybridized carbons (Fsp3) is 0.133. The Balaban J connectivity index is 1.68. The summed E-state index contributed by atoms with van der Waals surface area (Å²) in [5.74, 6) is 0.746. The molecule has 1 aliphatic rings. The van der Waals surface area contributed by atoms with Crippen molar-refractivity contribution in [3.63, 3.8) is 0 Å². The summed E-state index contributed by atoms with van der Waals surface area (Å²) in [7, 11) is 0. The van der Waals surface area contributed by atoms with E-state index in [2.05, 4.69) is 21.2 Å². The first kappa shape index (κ1) is 13.4. The van der Waals surface area contributed by atoms with Crippen molar-refractivity contribution < 1.29 is 9.53 Å². The van der Waals surface area contributed by atoms with Crippen LogP contribution in [0.25, 0.3) is 6.08 Å². The van der Waals surface area contributed by atoms with E-state index in [9.17, 15) is 4.79 Å². The van der Waals surface area contributed by atoms with Crippen molar-refractivity contribution >= 4 is 39.2 Å². The standard InChI is InChI=1S/C15H12BrNO2S/c16-14-6-5-12(20-14)8-17-15(18)11-7-10-3-1-2-4-13(10)19-9-11/h1-7H,8-9H2,(H,17,18). The van der Waals surface area contributed by atoms with E-state index in [4.69, 9.17) is 4.74 Å². The molecule has 0 aliphatic carbocycles. The Bertz CT molecular complexity index is 678. The number of hydrogen-bond acceptors (Lipinski definition) is 3. The zero-order valence-corrected chi connectivity index (χ0v) is 13.0. The molecule has 2 aromatic rings. The largest absolute Gasteiger partial charge is 0.488 e. The topological polar surface area (TPSA) is 38.3 Å². The lowest BCUT2D eigenvalue weighted by Crippen LogP contribution is -2.27. The lowest BCUT2D eigenvalue weighted by molar-refractivity contribution is -0.117. The van der Waals surface area contributed by atoms with Crippen molar-refractivity contribution in [2.75, 3.05) is 6.61 Å². The average molecular weight is 350 g/mol. The highest BCUT2D eigenvalue weighted by Crippen LogP contribution is 2.26. The van der Waals surface area contributed by atoms with Crippen molar-refractivity contribution in [2.24, 2.45) is 0 Å². The van der Waals surface area contributed by atoms with Crippen LogP contribution in [0.15, 0.2) is 45.8 Å². The predicted octanol–water partition coefficient (Wildman–Crippen LogP) is 3.60. The molecule has 1 aromatic carbocycles. The molecule has 0 saturated heterocycles. The van der Waals surface area contributed by atoms with Crippen LogP contribution >= 0.6 is 27.3 Å². The Morgan fingerprint density at radius 1 is 1.30 bits per heavy atom. The molecule has 1 aromatic heterocycles. The van der Waals surface area contributed by atoms with Crippen molar-refractivity contribution in [3.8, 4) is 5.75 Å². The van der Waals surface area contributed by atoms with Crippen LogP contribution in [-0.4, -0.2) is 12.5 Å². The van der Waals surface area contributed by atoms with E-state index in [-0.39, 0.29) is 5.91 Å². The number of hydrogen-bond donors (Lipinski definition) is 1. The number of amides is 1. The fourth-order valence-corrected chi connectivity index (χ4v) is 3.40. The number of fused-ring (bicyclic) bond motifs is 1. The van der Waals surface area contributed by atoms with Gasteiger partial charge in [-0.2, -0.15) is 0 Å². The highest BCUT2D eigenvalue weighted by molar-refractivity contribution is 9.11. The van der Waals surface area contributed by atoms with E-state index in [0.717, 1.165) is 20.0 Å². The zero-order chi connectivity index (χ0) is 13.9. The van der Waals surface area contributed by atoms with Crippen LogP contribution in [0.3, 0.4) is 0 Å². The summed E-state index contributed by atoms with van der Waals surface area (Å²) in [6, 6.07) is 11.7. The maximum absolute atomic E-state index is 12.1. The minimum atomic E-state index is -0.0796. The van der Waals surface area contributed by atoms with Gasteiger partial charge < -0.3 is 10.1 Å². The van der Waals surface area contributed by atoms with Gasteiger partial charge in [0.25, 0.3) is 5.91 Å². The molecule has 2 heterocycles. The van der Waals surface area contributed by atoms with Crippen LogP contribution in [0.1, 0.15) is 10.4 Å². The van der Waals surface area contributed by atoms with Crippen molar-refractivity contribution in [3.05, 3.63) is 56.2 Å². The van der Waals surface area contributed by atoms with Gasteiger partial charge in [-0.1, -0.05) is 18.2 Å². The number of para-hydroxylation sites is 1. The molecule has 0 saturated carbocycles. The van der Waals surface area contributed by atoms with E-state index in [1.807, 2.05) is 42.5 Å². The van der Waals surface area contributed by atoms with E-state index >= 15 is 0 Å². The number of benzene rings is 1. The first-order chi connectivity index (χ1) is 9.72. The smallest absolute Gasteiger partial charge is 0.250 e. The maximum atomic E-state index is 12.1. The number of ether oxygens (including phenoxy) is 1. The molecule has 0 radical (unpaired) electrons. The molecule has 3 nitrogen and oxygen atoms in total. The van der Waals surface area contributed by atoms with E-state index < -0.39 is 0 Å². The fourth-order valence-electron chi connectivity index (χ4n) is 1.97. The predicted molar refractivity (Wildman–Crippen MR) is 83.8 cm³/mol. The third kappa shape index (κ3) is 2.94. The number of halogens is 1. The number of nitrogens with one attached hydrogen (secondary N) is 1. The molecule has 1 aliphatic heterocycles. The molecular weight excluding hydrogens is 338 g/mol. The van der Waals surface area contributed by atoms with Gasteiger partial charge in [-0.15, -0.1) is 11.3 Å². The van der Waals surface area contributed by atoms with Gasteiger partial charge >= 0.3 is 0 Å². The maximum Gasteiger partial charge on any atom is 0.250 e. The molecule has 0 spiro atoms. The lowest BCUT2D eigenvalue weighted by atomic mass is 10.1. The molecule has 1 amide bonds.